The summed E-state index contributed by atoms with van der Waals surface area (Å²) in [7, 11) is 0. The first kappa shape index (κ1) is 18.4. The molecule has 0 fully saturated rings. The first-order valence-corrected chi connectivity index (χ1v) is 9.74. The third-order valence-electron chi connectivity index (χ3n) is 4.28. The molecule has 3 aromatic carbocycles. The first-order valence-electron chi connectivity index (χ1n) is 8.76. The Bertz CT molecular complexity index is 1090. The molecular weight excluding hydrogens is 376 g/mol. The Morgan fingerprint density at radius 3 is 2.32 bits per heavy atom. The van der Waals surface area contributed by atoms with Gasteiger partial charge in [-0.25, -0.2) is 8.78 Å². The van der Waals surface area contributed by atoms with Crippen molar-refractivity contribution in [3.05, 3.63) is 95.6 Å². The van der Waals surface area contributed by atoms with Crippen LogP contribution in [-0.4, -0.2) is 14.8 Å². The molecule has 0 aliphatic heterocycles. The molecule has 0 aliphatic carbocycles. The van der Waals surface area contributed by atoms with Crippen molar-refractivity contribution in [2.75, 3.05) is 0 Å². The van der Waals surface area contributed by atoms with Crippen molar-refractivity contribution in [1.82, 2.24) is 14.8 Å². The van der Waals surface area contributed by atoms with Crippen molar-refractivity contribution in [2.24, 2.45) is 0 Å². The van der Waals surface area contributed by atoms with Gasteiger partial charge in [0.25, 0.3) is 0 Å². The van der Waals surface area contributed by atoms with E-state index in [0.29, 0.717) is 16.7 Å². The highest BCUT2D eigenvalue weighted by Crippen LogP contribution is 2.30. The predicted octanol–water partition coefficient (Wildman–Crippen LogP) is 5.81. The van der Waals surface area contributed by atoms with Crippen molar-refractivity contribution in [2.45, 2.75) is 17.8 Å². The molecule has 0 N–H and O–H groups in total. The number of benzene rings is 3. The maximum absolute atomic E-state index is 13.5. The van der Waals surface area contributed by atoms with Crippen molar-refractivity contribution >= 4 is 11.8 Å². The summed E-state index contributed by atoms with van der Waals surface area (Å²) in [5.74, 6) is 0.632. The largest absolute Gasteiger partial charge is 0.270 e. The zero-order valence-electron chi connectivity index (χ0n) is 15.1. The molecule has 0 amide bonds. The van der Waals surface area contributed by atoms with E-state index in [0.717, 1.165) is 22.4 Å². The fraction of sp³-hybridized carbons (Fsp3) is 0.0909. The lowest BCUT2D eigenvalue weighted by atomic mass is 10.2. The molecule has 0 atom stereocenters. The van der Waals surface area contributed by atoms with Gasteiger partial charge in [-0.05, 0) is 61.0 Å². The second kappa shape index (κ2) is 7.94. The lowest BCUT2D eigenvalue weighted by Gasteiger charge is -2.11. The minimum atomic E-state index is -0.300. The average molecular weight is 393 g/mol. The van der Waals surface area contributed by atoms with Gasteiger partial charge in [0.05, 0.1) is 0 Å². The highest BCUT2D eigenvalue weighted by atomic mass is 32.2. The number of aromatic nitrogens is 3. The van der Waals surface area contributed by atoms with E-state index < -0.39 is 0 Å². The second-order valence-corrected chi connectivity index (χ2v) is 7.35. The molecule has 0 saturated carbocycles. The number of aryl methyl sites for hydroxylation is 1. The molecule has 4 rings (SSSR count). The highest BCUT2D eigenvalue weighted by molar-refractivity contribution is 7.98. The minimum absolute atomic E-state index is 0.259. The fourth-order valence-corrected chi connectivity index (χ4v) is 3.75. The molecule has 28 heavy (non-hydrogen) atoms. The van der Waals surface area contributed by atoms with Crippen LogP contribution in [0.25, 0.3) is 17.1 Å². The van der Waals surface area contributed by atoms with E-state index in [2.05, 4.69) is 10.2 Å². The summed E-state index contributed by atoms with van der Waals surface area (Å²) in [5.41, 5.74) is 3.70. The van der Waals surface area contributed by atoms with Crippen molar-refractivity contribution in [1.29, 1.82) is 0 Å². The van der Waals surface area contributed by atoms with E-state index in [1.54, 1.807) is 18.2 Å². The van der Waals surface area contributed by atoms with Crippen molar-refractivity contribution in [3.63, 3.8) is 0 Å². The van der Waals surface area contributed by atoms with E-state index in [1.165, 1.54) is 36.0 Å². The van der Waals surface area contributed by atoms with Crippen LogP contribution in [0.4, 0.5) is 8.78 Å². The standard InChI is InChI=1S/C22H17F2N3S/c1-15-5-11-20(12-6-15)27-21(17-7-9-18(23)10-8-17)25-26-22(27)28-14-16-3-2-4-19(24)13-16/h2-13H,14H2,1H3. The zero-order chi connectivity index (χ0) is 19.5. The number of hydrogen-bond donors (Lipinski definition) is 0. The van der Waals surface area contributed by atoms with Gasteiger partial charge in [-0.2, -0.15) is 0 Å². The Morgan fingerprint density at radius 2 is 1.61 bits per heavy atom. The summed E-state index contributed by atoms with van der Waals surface area (Å²) in [6, 6.07) is 20.7. The lowest BCUT2D eigenvalue weighted by molar-refractivity contribution is 0.626. The molecule has 140 valence electrons. The van der Waals surface area contributed by atoms with Crippen LogP contribution < -0.4 is 0 Å². The zero-order valence-corrected chi connectivity index (χ0v) is 16.0. The average Bonchev–Trinajstić information content (AvgIpc) is 3.11. The van der Waals surface area contributed by atoms with Crippen LogP contribution >= 0.6 is 11.8 Å². The van der Waals surface area contributed by atoms with Gasteiger partial charge in [0.2, 0.25) is 0 Å². The van der Waals surface area contributed by atoms with Crippen LogP contribution in [0, 0.1) is 18.6 Å². The summed E-state index contributed by atoms with van der Waals surface area (Å²) in [6.07, 6.45) is 0. The maximum atomic E-state index is 13.5. The van der Waals surface area contributed by atoms with Gasteiger partial charge < -0.3 is 0 Å². The monoisotopic (exact) mass is 393 g/mol. The maximum Gasteiger partial charge on any atom is 0.196 e. The molecule has 4 aromatic rings. The summed E-state index contributed by atoms with van der Waals surface area (Å²) >= 11 is 1.48. The molecular formula is C22H17F2N3S. The second-order valence-electron chi connectivity index (χ2n) is 6.40. The summed E-state index contributed by atoms with van der Waals surface area (Å²) in [4.78, 5) is 0. The summed E-state index contributed by atoms with van der Waals surface area (Å²) < 4.78 is 28.7. The molecule has 0 spiro atoms. The Hall–Kier alpha value is -2.99. The molecule has 1 heterocycles. The molecule has 1 aromatic heterocycles. The van der Waals surface area contributed by atoms with Crippen LogP contribution in [0.2, 0.25) is 0 Å². The van der Waals surface area contributed by atoms with Gasteiger partial charge in [0.1, 0.15) is 11.6 Å². The van der Waals surface area contributed by atoms with E-state index in [1.807, 2.05) is 41.8 Å². The number of rotatable bonds is 5. The number of nitrogens with zero attached hydrogens (tertiary/aromatic N) is 3. The van der Waals surface area contributed by atoms with Crippen LogP contribution in [0.1, 0.15) is 11.1 Å². The molecule has 0 radical (unpaired) electrons. The Labute approximate surface area is 166 Å². The number of thioether (sulfide) groups is 1. The smallest absolute Gasteiger partial charge is 0.196 e. The van der Waals surface area contributed by atoms with Gasteiger partial charge in [0.15, 0.2) is 11.0 Å². The van der Waals surface area contributed by atoms with Gasteiger partial charge >= 0.3 is 0 Å². The van der Waals surface area contributed by atoms with Crippen LogP contribution in [0.5, 0.6) is 0 Å². The normalized spacial score (nSPS) is 11.0. The van der Waals surface area contributed by atoms with Crippen molar-refractivity contribution in [3.8, 4) is 17.1 Å². The summed E-state index contributed by atoms with van der Waals surface area (Å²) in [6.45, 7) is 2.02. The van der Waals surface area contributed by atoms with Crippen LogP contribution in [0.15, 0.2) is 78.0 Å². The van der Waals surface area contributed by atoms with Crippen molar-refractivity contribution < 1.29 is 8.78 Å². The number of halogens is 2. The fourth-order valence-electron chi connectivity index (χ4n) is 2.85. The summed E-state index contributed by atoms with van der Waals surface area (Å²) in [5, 5.41) is 9.37. The molecule has 0 aliphatic rings. The topological polar surface area (TPSA) is 30.7 Å². The quantitative estimate of drug-likeness (QED) is 0.401. The van der Waals surface area contributed by atoms with Gasteiger partial charge in [-0.15, -0.1) is 10.2 Å². The third-order valence-corrected chi connectivity index (χ3v) is 5.29. The Balaban J connectivity index is 1.73. The SMILES string of the molecule is Cc1ccc(-n2c(SCc3cccc(F)c3)nnc2-c2ccc(F)cc2)cc1. The van der Waals surface area contributed by atoms with Gasteiger partial charge in [-0.1, -0.05) is 41.6 Å². The molecule has 0 unspecified atom stereocenters. The lowest BCUT2D eigenvalue weighted by Crippen LogP contribution is -2.00. The molecule has 3 nitrogen and oxygen atoms in total. The highest BCUT2D eigenvalue weighted by Gasteiger charge is 2.16. The van der Waals surface area contributed by atoms with E-state index in [-0.39, 0.29) is 11.6 Å². The molecule has 6 heteroatoms. The third kappa shape index (κ3) is 3.97. The molecule has 0 saturated heterocycles. The first-order chi connectivity index (χ1) is 13.6. The van der Waals surface area contributed by atoms with Gasteiger partial charge in [0, 0.05) is 17.0 Å². The Morgan fingerprint density at radius 1 is 0.857 bits per heavy atom. The van der Waals surface area contributed by atoms with E-state index >= 15 is 0 Å². The van der Waals surface area contributed by atoms with Crippen LogP contribution in [0.3, 0.4) is 0 Å². The van der Waals surface area contributed by atoms with E-state index in [4.69, 9.17) is 0 Å². The predicted molar refractivity (Wildman–Crippen MR) is 107 cm³/mol. The number of hydrogen-bond acceptors (Lipinski definition) is 3. The van der Waals surface area contributed by atoms with Gasteiger partial charge in [-0.3, -0.25) is 4.57 Å². The van der Waals surface area contributed by atoms with Crippen LogP contribution in [-0.2, 0) is 5.75 Å². The Kier molecular flexibility index (Phi) is 5.21. The van der Waals surface area contributed by atoms with E-state index in [9.17, 15) is 8.78 Å². The molecule has 0 bridgehead atoms. The minimum Gasteiger partial charge on any atom is -0.270 e.